The van der Waals surface area contributed by atoms with Crippen molar-refractivity contribution in [3.8, 4) is 28.0 Å². The van der Waals surface area contributed by atoms with E-state index < -0.39 is 5.97 Å². The summed E-state index contributed by atoms with van der Waals surface area (Å²) in [7, 11) is 0. The van der Waals surface area contributed by atoms with Crippen LogP contribution in [0.4, 0.5) is 0 Å². The van der Waals surface area contributed by atoms with E-state index in [2.05, 4.69) is 41.8 Å². The summed E-state index contributed by atoms with van der Waals surface area (Å²) in [5.74, 6) is 0.373. The molecule has 5 aromatic rings. The normalized spacial score (nSPS) is 11.1. The molecular weight excluding hydrogens is 436 g/mol. The lowest BCUT2D eigenvalue weighted by molar-refractivity contribution is 0.0697. The second kappa shape index (κ2) is 9.47. The zero-order chi connectivity index (χ0) is 24.4. The minimum absolute atomic E-state index is 0.252. The van der Waals surface area contributed by atoms with Crippen molar-refractivity contribution in [2.45, 2.75) is 26.3 Å². The zero-order valence-corrected chi connectivity index (χ0v) is 19.5. The number of aryl methyl sites for hydroxylation is 1. The molecule has 1 heterocycles. The average molecular weight is 463 g/mol. The van der Waals surface area contributed by atoms with Gasteiger partial charge in [0.15, 0.2) is 0 Å². The van der Waals surface area contributed by atoms with Crippen LogP contribution >= 0.6 is 0 Å². The number of benzene rings is 4. The number of carboxylic acid groups (broad SMARTS) is 1. The SMILES string of the molecule is CCCc1nc2cc(-c3ccc(O)cc3)ccc2n1Cc1ccc(-c2ccccc2C(=O)O)cc1. The Bertz CT molecular complexity index is 1500. The molecule has 5 heteroatoms. The van der Waals surface area contributed by atoms with Gasteiger partial charge in [0.2, 0.25) is 0 Å². The minimum atomic E-state index is -0.926. The number of hydrogen-bond donors (Lipinski definition) is 2. The van der Waals surface area contributed by atoms with Crippen molar-refractivity contribution in [1.82, 2.24) is 9.55 Å². The van der Waals surface area contributed by atoms with E-state index in [0.717, 1.165) is 52.0 Å². The monoisotopic (exact) mass is 462 g/mol. The molecule has 1 aromatic heterocycles. The highest BCUT2D eigenvalue weighted by Gasteiger charge is 2.14. The van der Waals surface area contributed by atoms with Crippen LogP contribution in [0.5, 0.6) is 5.75 Å². The molecule has 0 aliphatic rings. The summed E-state index contributed by atoms with van der Waals surface area (Å²) in [6, 6.07) is 28.7. The van der Waals surface area contributed by atoms with Gasteiger partial charge in [0.25, 0.3) is 0 Å². The smallest absolute Gasteiger partial charge is 0.336 e. The number of aromatic hydroxyl groups is 1. The van der Waals surface area contributed by atoms with Crippen molar-refractivity contribution in [3.05, 3.63) is 108 Å². The topological polar surface area (TPSA) is 75.4 Å². The molecule has 5 rings (SSSR count). The predicted molar refractivity (Wildman–Crippen MR) is 139 cm³/mol. The molecule has 0 fully saturated rings. The fraction of sp³-hybridized carbons (Fsp3) is 0.133. The van der Waals surface area contributed by atoms with E-state index in [0.29, 0.717) is 17.7 Å². The van der Waals surface area contributed by atoms with Gasteiger partial charge in [-0.1, -0.05) is 67.6 Å². The fourth-order valence-electron chi connectivity index (χ4n) is 4.50. The number of nitrogens with zero attached hydrogens (tertiary/aromatic N) is 2. The van der Waals surface area contributed by atoms with Crippen molar-refractivity contribution in [2.75, 3.05) is 0 Å². The third-order valence-electron chi connectivity index (χ3n) is 6.26. The van der Waals surface area contributed by atoms with E-state index in [9.17, 15) is 15.0 Å². The van der Waals surface area contributed by atoms with Crippen molar-refractivity contribution in [2.24, 2.45) is 0 Å². The van der Waals surface area contributed by atoms with Crippen molar-refractivity contribution < 1.29 is 15.0 Å². The number of aromatic carboxylic acids is 1. The molecule has 0 spiro atoms. The number of phenols is 1. The van der Waals surface area contributed by atoms with E-state index in [1.807, 2.05) is 36.4 Å². The molecule has 0 atom stereocenters. The molecular formula is C30H26N2O3. The van der Waals surface area contributed by atoms with E-state index in [-0.39, 0.29) is 5.75 Å². The molecule has 0 amide bonds. The summed E-state index contributed by atoms with van der Waals surface area (Å²) in [5.41, 5.74) is 7.15. The average Bonchev–Trinajstić information content (AvgIpc) is 3.21. The standard InChI is InChI=1S/C30H26N2O3/c1-2-5-29-31-27-18-23(21-12-15-24(33)16-13-21)14-17-28(27)32(29)19-20-8-10-22(11-9-20)25-6-3-4-7-26(25)30(34)35/h3-4,6-18,33H,2,5,19H2,1H3,(H,34,35). The summed E-state index contributed by atoms with van der Waals surface area (Å²) in [6.07, 6.45) is 1.88. The number of aromatic nitrogens is 2. The Kier molecular flexibility index (Phi) is 6.06. The number of imidazole rings is 1. The van der Waals surface area contributed by atoms with Crippen LogP contribution < -0.4 is 0 Å². The predicted octanol–water partition coefficient (Wildman–Crippen LogP) is 6.77. The summed E-state index contributed by atoms with van der Waals surface area (Å²) in [5, 5.41) is 19.1. The molecule has 4 aromatic carbocycles. The second-order valence-corrected chi connectivity index (χ2v) is 8.66. The van der Waals surface area contributed by atoms with Crippen LogP contribution in [0.2, 0.25) is 0 Å². The van der Waals surface area contributed by atoms with Crippen LogP contribution in [-0.2, 0) is 13.0 Å². The lowest BCUT2D eigenvalue weighted by atomic mass is 9.98. The van der Waals surface area contributed by atoms with Crippen LogP contribution in [0.25, 0.3) is 33.3 Å². The second-order valence-electron chi connectivity index (χ2n) is 8.66. The first kappa shape index (κ1) is 22.4. The summed E-state index contributed by atoms with van der Waals surface area (Å²) in [6.45, 7) is 2.84. The van der Waals surface area contributed by atoms with Crippen molar-refractivity contribution in [1.29, 1.82) is 0 Å². The summed E-state index contributed by atoms with van der Waals surface area (Å²) < 4.78 is 2.26. The van der Waals surface area contributed by atoms with Gasteiger partial charge in [0.1, 0.15) is 11.6 Å². The number of carboxylic acids is 1. The maximum absolute atomic E-state index is 11.6. The molecule has 0 unspecified atom stereocenters. The molecule has 0 radical (unpaired) electrons. The van der Waals surface area contributed by atoms with Gasteiger partial charge in [-0.3, -0.25) is 0 Å². The highest BCUT2D eigenvalue weighted by molar-refractivity contribution is 5.96. The van der Waals surface area contributed by atoms with Gasteiger partial charge in [0.05, 0.1) is 16.6 Å². The zero-order valence-electron chi connectivity index (χ0n) is 19.5. The number of phenolic OH excluding ortho intramolecular Hbond substituents is 1. The fourth-order valence-corrected chi connectivity index (χ4v) is 4.50. The van der Waals surface area contributed by atoms with Gasteiger partial charge >= 0.3 is 5.97 Å². The van der Waals surface area contributed by atoms with E-state index in [4.69, 9.17) is 4.98 Å². The number of hydrogen-bond acceptors (Lipinski definition) is 3. The van der Waals surface area contributed by atoms with Crippen molar-refractivity contribution in [3.63, 3.8) is 0 Å². The Morgan fingerprint density at radius 3 is 2.26 bits per heavy atom. The third-order valence-corrected chi connectivity index (χ3v) is 6.26. The maximum Gasteiger partial charge on any atom is 0.336 e. The molecule has 2 N–H and O–H groups in total. The molecule has 0 aliphatic heterocycles. The lowest BCUT2D eigenvalue weighted by Gasteiger charge is -2.11. The highest BCUT2D eigenvalue weighted by atomic mass is 16.4. The quantitative estimate of drug-likeness (QED) is 0.280. The number of rotatable bonds is 7. The Balaban J connectivity index is 1.48. The van der Waals surface area contributed by atoms with Crippen LogP contribution in [0.15, 0.2) is 91.0 Å². The van der Waals surface area contributed by atoms with Gasteiger partial charge in [-0.25, -0.2) is 9.78 Å². The van der Waals surface area contributed by atoms with Gasteiger partial charge < -0.3 is 14.8 Å². The van der Waals surface area contributed by atoms with Crippen LogP contribution in [0.3, 0.4) is 0 Å². The Hall–Kier alpha value is -4.38. The molecule has 0 saturated heterocycles. The van der Waals surface area contributed by atoms with E-state index in [1.54, 1.807) is 24.3 Å². The van der Waals surface area contributed by atoms with E-state index >= 15 is 0 Å². The van der Waals surface area contributed by atoms with Gasteiger partial charge in [0, 0.05) is 13.0 Å². The van der Waals surface area contributed by atoms with Crippen LogP contribution in [-0.4, -0.2) is 25.7 Å². The molecule has 35 heavy (non-hydrogen) atoms. The Labute approximate surface area is 203 Å². The highest BCUT2D eigenvalue weighted by Crippen LogP contribution is 2.28. The summed E-state index contributed by atoms with van der Waals surface area (Å²) in [4.78, 5) is 16.6. The minimum Gasteiger partial charge on any atom is -0.508 e. The number of fused-ring (bicyclic) bond motifs is 1. The summed E-state index contributed by atoms with van der Waals surface area (Å²) >= 11 is 0. The molecule has 0 bridgehead atoms. The van der Waals surface area contributed by atoms with Gasteiger partial charge in [-0.15, -0.1) is 0 Å². The van der Waals surface area contributed by atoms with E-state index in [1.165, 1.54) is 0 Å². The third kappa shape index (κ3) is 4.53. The van der Waals surface area contributed by atoms with Crippen LogP contribution in [0, 0.1) is 0 Å². The first-order valence-electron chi connectivity index (χ1n) is 11.7. The maximum atomic E-state index is 11.6. The molecule has 0 saturated carbocycles. The molecule has 0 aliphatic carbocycles. The van der Waals surface area contributed by atoms with Gasteiger partial charge in [-0.05, 0) is 64.6 Å². The number of carbonyl (C=O) groups is 1. The molecule has 5 nitrogen and oxygen atoms in total. The first-order valence-corrected chi connectivity index (χ1v) is 11.7. The first-order chi connectivity index (χ1) is 17.0. The van der Waals surface area contributed by atoms with Crippen molar-refractivity contribution >= 4 is 17.0 Å². The molecule has 174 valence electrons. The largest absolute Gasteiger partial charge is 0.508 e. The van der Waals surface area contributed by atoms with Gasteiger partial charge in [-0.2, -0.15) is 0 Å². The Morgan fingerprint density at radius 1 is 0.857 bits per heavy atom. The Morgan fingerprint density at radius 2 is 1.54 bits per heavy atom. The lowest BCUT2D eigenvalue weighted by Crippen LogP contribution is -2.05. The van der Waals surface area contributed by atoms with Crippen LogP contribution in [0.1, 0.15) is 35.1 Å².